The van der Waals surface area contributed by atoms with Crippen LogP contribution in [0.4, 0.5) is 5.69 Å². The Morgan fingerprint density at radius 2 is 2.39 bits per heavy atom. The maximum absolute atomic E-state index is 12.3. The number of ether oxygens (including phenoxy) is 1. The molecular formula is C15H22N6O2. The van der Waals surface area contributed by atoms with Gasteiger partial charge in [0.05, 0.1) is 42.9 Å². The summed E-state index contributed by atoms with van der Waals surface area (Å²) >= 11 is 0. The molecule has 1 aliphatic rings. The highest BCUT2D eigenvalue weighted by Crippen LogP contribution is 2.16. The van der Waals surface area contributed by atoms with E-state index in [0.29, 0.717) is 19.7 Å². The molecule has 23 heavy (non-hydrogen) atoms. The summed E-state index contributed by atoms with van der Waals surface area (Å²) in [5.74, 6) is -0.0302. The van der Waals surface area contributed by atoms with Crippen LogP contribution < -0.4 is 5.32 Å². The zero-order valence-corrected chi connectivity index (χ0v) is 13.5. The second-order valence-electron chi connectivity index (χ2n) is 5.81. The van der Waals surface area contributed by atoms with Crippen molar-refractivity contribution in [3.63, 3.8) is 0 Å². The topological polar surface area (TPSA) is 88.1 Å². The Kier molecular flexibility index (Phi) is 4.73. The van der Waals surface area contributed by atoms with Crippen LogP contribution in [0.25, 0.3) is 0 Å². The first-order valence-corrected chi connectivity index (χ1v) is 7.74. The minimum atomic E-state index is -0.0302. The van der Waals surface area contributed by atoms with Crippen molar-refractivity contribution in [1.82, 2.24) is 24.9 Å². The molecule has 2 N–H and O–H groups in total. The van der Waals surface area contributed by atoms with E-state index in [0.717, 1.165) is 30.2 Å². The fourth-order valence-corrected chi connectivity index (χ4v) is 2.77. The third-order valence-corrected chi connectivity index (χ3v) is 3.93. The van der Waals surface area contributed by atoms with Gasteiger partial charge in [-0.25, -0.2) is 0 Å². The fourth-order valence-electron chi connectivity index (χ4n) is 2.77. The molecule has 124 valence electrons. The van der Waals surface area contributed by atoms with Gasteiger partial charge in [0.25, 0.3) is 0 Å². The number of carbonyl (C=O) groups excluding carboxylic acids is 1. The zero-order chi connectivity index (χ0) is 16.2. The normalized spacial score (nSPS) is 19.0. The van der Waals surface area contributed by atoms with Gasteiger partial charge in [0.15, 0.2) is 0 Å². The van der Waals surface area contributed by atoms with Crippen LogP contribution in [0, 0.1) is 13.8 Å². The largest absolute Gasteiger partial charge is 0.374 e. The Hall–Kier alpha value is -2.19. The van der Waals surface area contributed by atoms with Crippen LogP contribution in [-0.4, -0.2) is 63.1 Å². The van der Waals surface area contributed by atoms with Gasteiger partial charge < -0.3 is 10.1 Å². The van der Waals surface area contributed by atoms with Gasteiger partial charge in [-0.2, -0.15) is 10.2 Å². The van der Waals surface area contributed by atoms with Gasteiger partial charge in [0, 0.05) is 25.5 Å². The number of morpholine rings is 1. The van der Waals surface area contributed by atoms with Crippen molar-refractivity contribution in [2.75, 3.05) is 31.6 Å². The average Bonchev–Trinajstić information content (AvgIpc) is 3.13. The number of aromatic amines is 1. The monoisotopic (exact) mass is 318 g/mol. The fraction of sp³-hybridized carbons (Fsp3) is 0.533. The number of aryl methyl sites for hydroxylation is 2. The van der Waals surface area contributed by atoms with E-state index in [1.165, 1.54) is 0 Å². The van der Waals surface area contributed by atoms with Crippen molar-refractivity contribution in [3.8, 4) is 0 Å². The van der Waals surface area contributed by atoms with Crippen LogP contribution >= 0.6 is 0 Å². The molecule has 1 unspecified atom stereocenters. The Balaban J connectivity index is 1.52. The molecule has 1 saturated heterocycles. The highest BCUT2D eigenvalue weighted by molar-refractivity contribution is 5.93. The van der Waals surface area contributed by atoms with Crippen LogP contribution in [-0.2, 0) is 16.1 Å². The number of nitrogens with zero attached hydrogens (tertiary/aromatic N) is 4. The van der Waals surface area contributed by atoms with Gasteiger partial charge in [0.1, 0.15) is 0 Å². The number of H-pyrrole nitrogens is 1. The van der Waals surface area contributed by atoms with E-state index in [4.69, 9.17) is 4.74 Å². The number of anilines is 1. The van der Waals surface area contributed by atoms with Crippen LogP contribution in [0.2, 0.25) is 0 Å². The minimum Gasteiger partial charge on any atom is -0.374 e. The standard InChI is InChI=1S/C15H22N6O2/c1-11-15(12(2)19-18-11)17-14(22)10-20-6-7-23-13(8-20)9-21-5-3-4-16-21/h3-5,13H,6-10H2,1-2H3,(H,17,22)(H,18,19). The highest BCUT2D eigenvalue weighted by Gasteiger charge is 2.23. The summed E-state index contributed by atoms with van der Waals surface area (Å²) in [6.07, 6.45) is 3.72. The third-order valence-electron chi connectivity index (χ3n) is 3.93. The van der Waals surface area contributed by atoms with Gasteiger partial charge in [-0.15, -0.1) is 0 Å². The van der Waals surface area contributed by atoms with Gasteiger partial charge >= 0.3 is 0 Å². The van der Waals surface area contributed by atoms with Crippen molar-refractivity contribution in [1.29, 1.82) is 0 Å². The van der Waals surface area contributed by atoms with Crippen LogP contribution in [0.5, 0.6) is 0 Å². The molecule has 1 atom stereocenters. The molecule has 1 amide bonds. The van der Waals surface area contributed by atoms with E-state index in [9.17, 15) is 4.79 Å². The number of hydrogen-bond donors (Lipinski definition) is 2. The Morgan fingerprint density at radius 1 is 1.52 bits per heavy atom. The van der Waals surface area contributed by atoms with Gasteiger partial charge in [-0.1, -0.05) is 0 Å². The SMILES string of the molecule is Cc1n[nH]c(C)c1NC(=O)CN1CCOC(Cn2cccn2)C1. The number of carbonyl (C=O) groups is 1. The molecule has 8 nitrogen and oxygen atoms in total. The second-order valence-corrected chi connectivity index (χ2v) is 5.81. The molecule has 2 aromatic heterocycles. The van der Waals surface area contributed by atoms with Crippen molar-refractivity contribution in [2.24, 2.45) is 0 Å². The molecule has 2 aromatic rings. The van der Waals surface area contributed by atoms with Crippen LogP contribution in [0.15, 0.2) is 18.5 Å². The van der Waals surface area contributed by atoms with E-state index in [-0.39, 0.29) is 12.0 Å². The van der Waals surface area contributed by atoms with Crippen molar-refractivity contribution in [3.05, 3.63) is 29.8 Å². The average molecular weight is 318 g/mol. The lowest BCUT2D eigenvalue weighted by molar-refractivity contribution is -0.119. The van der Waals surface area contributed by atoms with Gasteiger partial charge in [0.2, 0.25) is 5.91 Å². The molecule has 0 bridgehead atoms. The highest BCUT2D eigenvalue weighted by atomic mass is 16.5. The molecular weight excluding hydrogens is 296 g/mol. The Labute approximate surface area is 134 Å². The quantitative estimate of drug-likeness (QED) is 0.841. The summed E-state index contributed by atoms with van der Waals surface area (Å²) < 4.78 is 7.61. The Bertz CT molecular complexity index is 631. The predicted octanol–water partition coefficient (Wildman–Crippen LogP) is 0.563. The summed E-state index contributed by atoms with van der Waals surface area (Å²) in [6.45, 7) is 6.92. The maximum atomic E-state index is 12.3. The van der Waals surface area contributed by atoms with E-state index in [2.05, 4.69) is 25.5 Å². The van der Waals surface area contributed by atoms with Crippen molar-refractivity contribution < 1.29 is 9.53 Å². The maximum Gasteiger partial charge on any atom is 0.238 e. The zero-order valence-electron chi connectivity index (χ0n) is 13.5. The van der Waals surface area contributed by atoms with Crippen molar-refractivity contribution in [2.45, 2.75) is 26.5 Å². The number of rotatable bonds is 5. The van der Waals surface area contributed by atoms with Gasteiger partial charge in [-0.3, -0.25) is 19.5 Å². The molecule has 8 heteroatoms. The lowest BCUT2D eigenvalue weighted by Crippen LogP contribution is -2.47. The van der Waals surface area contributed by atoms with Crippen molar-refractivity contribution >= 4 is 11.6 Å². The summed E-state index contributed by atoms with van der Waals surface area (Å²) in [6, 6.07) is 1.89. The van der Waals surface area contributed by atoms with Crippen LogP contribution in [0.1, 0.15) is 11.4 Å². The molecule has 0 saturated carbocycles. The van der Waals surface area contributed by atoms with Crippen LogP contribution in [0.3, 0.4) is 0 Å². The third kappa shape index (κ3) is 3.96. The van der Waals surface area contributed by atoms with E-state index < -0.39 is 0 Å². The van der Waals surface area contributed by atoms with Gasteiger partial charge in [-0.05, 0) is 19.9 Å². The first-order valence-electron chi connectivity index (χ1n) is 7.74. The summed E-state index contributed by atoms with van der Waals surface area (Å²) in [5, 5.41) is 14.1. The molecule has 0 aromatic carbocycles. The molecule has 0 spiro atoms. The Morgan fingerprint density at radius 3 is 3.09 bits per heavy atom. The molecule has 0 radical (unpaired) electrons. The molecule has 3 heterocycles. The molecule has 0 aliphatic carbocycles. The predicted molar refractivity (Wildman–Crippen MR) is 85.1 cm³/mol. The van der Waals surface area contributed by atoms with E-state index >= 15 is 0 Å². The molecule has 1 fully saturated rings. The number of nitrogens with one attached hydrogen (secondary N) is 2. The lowest BCUT2D eigenvalue weighted by atomic mass is 10.2. The first kappa shape index (κ1) is 15.7. The summed E-state index contributed by atoms with van der Waals surface area (Å²) in [5.41, 5.74) is 2.44. The molecule has 3 rings (SSSR count). The number of amides is 1. The number of hydrogen-bond acceptors (Lipinski definition) is 5. The van der Waals surface area contributed by atoms with E-state index in [1.54, 1.807) is 6.20 Å². The first-order chi connectivity index (χ1) is 11.1. The number of aromatic nitrogens is 4. The molecule has 1 aliphatic heterocycles. The summed E-state index contributed by atoms with van der Waals surface area (Å²) in [4.78, 5) is 14.4. The van der Waals surface area contributed by atoms with E-state index in [1.807, 2.05) is 30.8 Å². The second kappa shape index (κ2) is 6.93. The summed E-state index contributed by atoms with van der Waals surface area (Å²) in [7, 11) is 0. The lowest BCUT2D eigenvalue weighted by Gasteiger charge is -2.32. The minimum absolute atomic E-state index is 0.0302. The smallest absolute Gasteiger partial charge is 0.238 e.